The molecule has 1 aliphatic carbocycles. The summed E-state index contributed by atoms with van der Waals surface area (Å²) in [6.45, 7) is 6.37. The fourth-order valence-corrected chi connectivity index (χ4v) is 2.64. The number of hydrogen-bond donors (Lipinski definition) is 2. The van der Waals surface area contributed by atoms with E-state index in [1.54, 1.807) is 0 Å². The van der Waals surface area contributed by atoms with Crippen molar-refractivity contribution in [2.45, 2.75) is 44.8 Å². The lowest BCUT2D eigenvalue weighted by Gasteiger charge is -2.38. The van der Waals surface area contributed by atoms with Crippen LogP contribution in [-0.2, 0) is 4.74 Å². The smallest absolute Gasteiger partial charge is 0.136 e. The van der Waals surface area contributed by atoms with E-state index in [1.165, 1.54) is 12.8 Å². The Kier molecular flexibility index (Phi) is 4.26. The lowest BCUT2D eigenvalue weighted by atomic mass is 10.2. The molecular weight excluding hydrogens is 268 g/mol. The van der Waals surface area contributed by atoms with Crippen molar-refractivity contribution in [3.05, 3.63) is 11.9 Å². The van der Waals surface area contributed by atoms with Gasteiger partial charge < -0.3 is 20.1 Å². The van der Waals surface area contributed by atoms with E-state index >= 15 is 0 Å². The number of morpholine rings is 1. The van der Waals surface area contributed by atoms with Crippen LogP contribution in [0.25, 0.3) is 0 Å². The summed E-state index contributed by atoms with van der Waals surface area (Å²) in [6.07, 6.45) is 2.24. The minimum absolute atomic E-state index is 0.0455. The van der Waals surface area contributed by atoms with E-state index < -0.39 is 0 Å². The van der Waals surface area contributed by atoms with Crippen molar-refractivity contribution in [1.82, 2.24) is 9.97 Å². The van der Waals surface area contributed by atoms with Crippen molar-refractivity contribution < 1.29 is 9.84 Å². The van der Waals surface area contributed by atoms with Crippen LogP contribution in [0.1, 0.15) is 38.4 Å². The van der Waals surface area contributed by atoms with Gasteiger partial charge in [-0.15, -0.1) is 0 Å². The first kappa shape index (κ1) is 14.5. The van der Waals surface area contributed by atoms with E-state index in [2.05, 4.69) is 29.0 Å². The van der Waals surface area contributed by atoms with Gasteiger partial charge in [0.1, 0.15) is 17.5 Å². The number of hydrogen-bond acceptors (Lipinski definition) is 6. The minimum Gasteiger partial charge on any atom is -0.394 e. The Morgan fingerprint density at radius 2 is 2.24 bits per heavy atom. The summed E-state index contributed by atoms with van der Waals surface area (Å²) in [7, 11) is 0. The van der Waals surface area contributed by atoms with E-state index in [0.29, 0.717) is 19.1 Å². The number of ether oxygens (including phenoxy) is 1. The number of aliphatic hydroxyl groups excluding tert-OH is 1. The van der Waals surface area contributed by atoms with Crippen molar-refractivity contribution in [3.63, 3.8) is 0 Å². The van der Waals surface area contributed by atoms with Crippen LogP contribution in [0.3, 0.4) is 0 Å². The molecular formula is C15H24N4O2. The first-order chi connectivity index (χ1) is 10.2. The molecule has 1 aliphatic heterocycles. The van der Waals surface area contributed by atoms with Gasteiger partial charge in [0.15, 0.2) is 0 Å². The predicted octanol–water partition coefficient (Wildman–Crippen LogP) is 1.37. The maximum Gasteiger partial charge on any atom is 0.136 e. The van der Waals surface area contributed by atoms with Crippen molar-refractivity contribution in [3.8, 4) is 0 Å². The number of anilines is 2. The van der Waals surface area contributed by atoms with Gasteiger partial charge in [-0.1, -0.05) is 0 Å². The molecule has 2 unspecified atom stereocenters. The summed E-state index contributed by atoms with van der Waals surface area (Å²) in [5.74, 6) is 3.30. The standard InChI is InChI=1S/C15H24N4O2/c1-3-16-13-6-14(18-15(17-13)11-4-5-11)19-7-12(8-20)21-9-10(19)2/h6,10-12,20H,3-5,7-9H2,1-2H3,(H,16,17,18). The Balaban J connectivity index is 1.88. The quantitative estimate of drug-likeness (QED) is 0.854. The van der Waals surface area contributed by atoms with Crippen molar-refractivity contribution >= 4 is 11.6 Å². The van der Waals surface area contributed by atoms with Gasteiger partial charge in [-0.3, -0.25) is 0 Å². The third kappa shape index (κ3) is 3.27. The third-order valence-electron chi connectivity index (χ3n) is 4.03. The van der Waals surface area contributed by atoms with Gasteiger partial charge in [-0.05, 0) is 26.7 Å². The molecule has 2 fully saturated rings. The first-order valence-corrected chi connectivity index (χ1v) is 7.83. The van der Waals surface area contributed by atoms with Crippen LogP contribution >= 0.6 is 0 Å². The largest absolute Gasteiger partial charge is 0.394 e. The summed E-state index contributed by atoms with van der Waals surface area (Å²) in [5, 5.41) is 12.6. The normalized spacial score (nSPS) is 26.0. The highest BCUT2D eigenvalue weighted by atomic mass is 16.5. The minimum atomic E-state index is -0.136. The molecule has 1 saturated carbocycles. The molecule has 0 amide bonds. The van der Waals surface area contributed by atoms with Crippen LogP contribution in [0.5, 0.6) is 0 Å². The van der Waals surface area contributed by atoms with E-state index in [4.69, 9.17) is 9.72 Å². The van der Waals surface area contributed by atoms with Gasteiger partial charge in [0, 0.05) is 25.1 Å². The van der Waals surface area contributed by atoms with E-state index in [1.807, 2.05) is 6.07 Å². The van der Waals surface area contributed by atoms with E-state index in [9.17, 15) is 5.11 Å². The zero-order valence-electron chi connectivity index (χ0n) is 12.7. The molecule has 0 bridgehead atoms. The highest BCUT2D eigenvalue weighted by Crippen LogP contribution is 2.39. The molecule has 0 spiro atoms. The Labute approximate surface area is 125 Å². The second-order valence-corrected chi connectivity index (χ2v) is 5.91. The average Bonchev–Trinajstić information content (AvgIpc) is 3.32. The van der Waals surface area contributed by atoms with Gasteiger partial charge in [-0.2, -0.15) is 0 Å². The molecule has 2 aliphatic rings. The van der Waals surface area contributed by atoms with Gasteiger partial charge in [-0.25, -0.2) is 9.97 Å². The van der Waals surface area contributed by atoms with Crippen LogP contribution in [0, 0.1) is 0 Å². The topological polar surface area (TPSA) is 70.5 Å². The SMILES string of the molecule is CCNc1cc(N2CC(CO)OCC2C)nc(C2CC2)n1. The van der Waals surface area contributed by atoms with Crippen molar-refractivity contribution in [2.75, 3.05) is 36.5 Å². The van der Waals surface area contributed by atoms with Crippen molar-refractivity contribution in [1.29, 1.82) is 0 Å². The fourth-order valence-electron chi connectivity index (χ4n) is 2.64. The van der Waals surface area contributed by atoms with Gasteiger partial charge >= 0.3 is 0 Å². The molecule has 2 atom stereocenters. The molecule has 1 aromatic heterocycles. The zero-order chi connectivity index (χ0) is 14.8. The molecule has 21 heavy (non-hydrogen) atoms. The Bertz CT molecular complexity index is 493. The Morgan fingerprint density at radius 1 is 1.43 bits per heavy atom. The highest BCUT2D eigenvalue weighted by molar-refractivity contribution is 5.51. The number of nitrogens with one attached hydrogen (secondary N) is 1. The van der Waals surface area contributed by atoms with E-state index in [0.717, 1.165) is 24.0 Å². The molecule has 0 aromatic carbocycles. The van der Waals surface area contributed by atoms with E-state index in [-0.39, 0.29) is 18.8 Å². The first-order valence-electron chi connectivity index (χ1n) is 7.83. The molecule has 3 rings (SSSR count). The lowest BCUT2D eigenvalue weighted by Crippen LogP contribution is -2.50. The van der Waals surface area contributed by atoms with Crippen LogP contribution in [-0.4, -0.2) is 53.5 Å². The van der Waals surface area contributed by atoms with Crippen LogP contribution in [0.2, 0.25) is 0 Å². The molecule has 116 valence electrons. The average molecular weight is 292 g/mol. The summed E-state index contributed by atoms with van der Waals surface area (Å²) in [4.78, 5) is 11.6. The molecule has 0 radical (unpaired) electrons. The zero-order valence-corrected chi connectivity index (χ0v) is 12.7. The van der Waals surface area contributed by atoms with Crippen LogP contribution in [0.15, 0.2) is 6.07 Å². The lowest BCUT2D eigenvalue weighted by molar-refractivity contribution is -0.0105. The molecule has 1 saturated heterocycles. The maximum atomic E-state index is 9.34. The number of nitrogens with zero attached hydrogens (tertiary/aromatic N) is 3. The molecule has 6 nitrogen and oxygen atoms in total. The molecule has 2 N–H and O–H groups in total. The van der Waals surface area contributed by atoms with Crippen LogP contribution < -0.4 is 10.2 Å². The molecule has 1 aromatic rings. The summed E-state index contributed by atoms with van der Waals surface area (Å²) < 4.78 is 5.61. The monoisotopic (exact) mass is 292 g/mol. The Hall–Kier alpha value is -1.40. The number of aliphatic hydroxyl groups is 1. The number of aromatic nitrogens is 2. The van der Waals surface area contributed by atoms with Gasteiger partial charge in [0.05, 0.1) is 25.4 Å². The summed E-state index contributed by atoms with van der Waals surface area (Å²) in [6, 6.07) is 2.26. The van der Waals surface area contributed by atoms with Crippen LogP contribution in [0.4, 0.5) is 11.6 Å². The van der Waals surface area contributed by atoms with Gasteiger partial charge in [0.25, 0.3) is 0 Å². The second-order valence-electron chi connectivity index (χ2n) is 5.91. The predicted molar refractivity (Wildman–Crippen MR) is 81.8 cm³/mol. The second kappa shape index (κ2) is 6.15. The fraction of sp³-hybridized carbons (Fsp3) is 0.733. The summed E-state index contributed by atoms with van der Waals surface area (Å²) >= 11 is 0. The van der Waals surface area contributed by atoms with Gasteiger partial charge in [0.2, 0.25) is 0 Å². The maximum absolute atomic E-state index is 9.34. The third-order valence-corrected chi connectivity index (χ3v) is 4.03. The summed E-state index contributed by atoms with van der Waals surface area (Å²) in [5.41, 5.74) is 0. The number of rotatable bonds is 5. The van der Waals surface area contributed by atoms with Crippen molar-refractivity contribution in [2.24, 2.45) is 0 Å². The highest BCUT2D eigenvalue weighted by Gasteiger charge is 2.31. The Morgan fingerprint density at radius 3 is 2.90 bits per heavy atom. The molecule has 2 heterocycles. The molecule has 6 heteroatoms.